The van der Waals surface area contributed by atoms with Gasteiger partial charge in [0.05, 0.1) is 7.11 Å². The van der Waals surface area contributed by atoms with Crippen molar-refractivity contribution < 1.29 is 13.2 Å². The monoisotopic (exact) mass is 272 g/mol. The summed E-state index contributed by atoms with van der Waals surface area (Å²) in [4.78, 5) is 2.19. The number of para-hydroxylation sites is 1. The highest BCUT2D eigenvalue weighted by Crippen LogP contribution is 2.22. The van der Waals surface area contributed by atoms with Crippen LogP contribution in [-0.4, -0.2) is 47.6 Å². The minimum atomic E-state index is -3.49. The second kappa shape index (κ2) is 6.72. The Bertz CT molecular complexity index is 472. The van der Waals surface area contributed by atoms with Gasteiger partial charge in [0, 0.05) is 6.54 Å². The van der Waals surface area contributed by atoms with Crippen LogP contribution in [0.25, 0.3) is 0 Å². The largest absolute Gasteiger partial charge is 0.495 e. The van der Waals surface area contributed by atoms with E-state index in [0.29, 0.717) is 12.3 Å². The highest BCUT2D eigenvalue weighted by molar-refractivity contribution is 7.89. The molecule has 18 heavy (non-hydrogen) atoms. The van der Waals surface area contributed by atoms with Crippen LogP contribution in [0, 0.1) is 0 Å². The van der Waals surface area contributed by atoms with Gasteiger partial charge in [0.1, 0.15) is 10.6 Å². The van der Waals surface area contributed by atoms with Crippen LogP contribution in [0.2, 0.25) is 0 Å². The van der Waals surface area contributed by atoms with Crippen molar-refractivity contribution in [2.45, 2.75) is 11.3 Å². The van der Waals surface area contributed by atoms with Gasteiger partial charge in [-0.05, 0) is 39.2 Å². The number of ether oxygens (including phenoxy) is 1. The number of methoxy groups -OCH3 is 1. The standard InChI is InChI=1S/C12H20N2O3S/c1-14(2)10-6-9-13-18(15,16)12-8-5-4-7-11(12)17-3/h4-5,7-8,13H,6,9-10H2,1-3H3. The molecule has 0 atom stereocenters. The highest BCUT2D eigenvalue weighted by Gasteiger charge is 2.17. The molecule has 0 unspecified atom stereocenters. The van der Waals surface area contributed by atoms with Gasteiger partial charge in [0.15, 0.2) is 0 Å². The third-order valence-electron chi connectivity index (χ3n) is 2.43. The number of nitrogens with zero attached hydrogens (tertiary/aromatic N) is 1. The van der Waals surface area contributed by atoms with Crippen LogP contribution in [0.15, 0.2) is 29.2 Å². The molecule has 102 valence electrons. The lowest BCUT2D eigenvalue weighted by Crippen LogP contribution is -2.27. The maximum absolute atomic E-state index is 12.1. The van der Waals surface area contributed by atoms with Crippen LogP contribution in [0.4, 0.5) is 0 Å². The van der Waals surface area contributed by atoms with E-state index in [1.54, 1.807) is 18.2 Å². The number of benzene rings is 1. The van der Waals surface area contributed by atoms with E-state index >= 15 is 0 Å². The summed E-state index contributed by atoms with van der Waals surface area (Å²) in [6, 6.07) is 6.59. The first-order chi connectivity index (χ1) is 8.47. The molecule has 0 aliphatic heterocycles. The second-order valence-corrected chi connectivity index (χ2v) is 5.94. The molecule has 5 nitrogen and oxygen atoms in total. The predicted molar refractivity (Wildman–Crippen MR) is 71.4 cm³/mol. The van der Waals surface area contributed by atoms with Gasteiger partial charge in [-0.2, -0.15) is 0 Å². The van der Waals surface area contributed by atoms with E-state index in [-0.39, 0.29) is 4.90 Å². The lowest BCUT2D eigenvalue weighted by atomic mass is 10.3. The van der Waals surface area contributed by atoms with Gasteiger partial charge in [-0.15, -0.1) is 0 Å². The van der Waals surface area contributed by atoms with Gasteiger partial charge in [-0.1, -0.05) is 12.1 Å². The number of hydrogen-bond acceptors (Lipinski definition) is 4. The first kappa shape index (κ1) is 14.9. The minimum absolute atomic E-state index is 0.178. The SMILES string of the molecule is COc1ccccc1S(=O)(=O)NCCCN(C)C. The normalized spacial score (nSPS) is 11.8. The van der Waals surface area contributed by atoms with Crippen LogP contribution in [0.5, 0.6) is 5.75 Å². The summed E-state index contributed by atoms with van der Waals surface area (Å²) < 4.78 is 31.7. The summed E-state index contributed by atoms with van der Waals surface area (Å²) in [7, 11) is 1.87. The second-order valence-electron chi connectivity index (χ2n) is 4.21. The highest BCUT2D eigenvalue weighted by atomic mass is 32.2. The van der Waals surface area contributed by atoms with E-state index in [0.717, 1.165) is 13.0 Å². The Kier molecular flexibility index (Phi) is 5.58. The molecular formula is C12H20N2O3S. The average molecular weight is 272 g/mol. The molecule has 0 spiro atoms. The zero-order valence-electron chi connectivity index (χ0n) is 11.0. The van der Waals surface area contributed by atoms with E-state index in [9.17, 15) is 8.42 Å². The summed E-state index contributed by atoms with van der Waals surface area (Å²) in [6.45, 7) is 1.26. The molecule has 0 heterocycles. The van der Waals surface area contributed by atoms with Crippen LogP contribution < -0.4 is 9.46 Å². The Labute approximate surface area is 109 Å². The number of sulfonamides is 1. The van der Waals surface area contributed by atoms with Gasteiger partial charge in [-0.3, -0.25) is 0 Å². The number of rotatable bonds is 7. The van der Waals surface area contributed by atoms with Gasteiger partial charge >= 0.3 is 0 Å². The Morgan fingerprint density at radius 2 is 1.94 bits per heavy atom. The lowest BCUT2D eigenvalue weighted by molar-refractivity contribution is 0.397. The smallest absolute Gasteiger partial charge is 0.244 e. The summed E-state index contributed by atoms with van der Waals surface area (Å²) in [6.07, 6.45) is 0.765. The summed E-state index contributed by atoms with van der Waals surface area (Å²) >= 11 is 0. The van der Waals surface area contributed by atoms with Crippen molar-refractivity contribution in [2.24, 2.45) is 0 Å². The topological polar surface area (TPSA) is 58.6 Å². The molecule has 1 rings (SSSR count). The molecule has 0 fully saturated rings. The molecule has 1 N–H and O–H groups in total. The molecule has 0 aliphatic rings. The molecule has 1 aromatic carbocycles. The van der Waals surface area contributed by atoms with Gasteiger partial charge in [-0.25, -0.2) is 13.1 Å². The van der Waals surface area contributed by atoms with Crippen LogP contribution >= 0.6 is 0 Å². The quantitative estimate of drug-likeness (QED) is 0.750. The molecule has 0 aromatic heterocycles. The van der Waals surface area contributed by atoms with E-state index in [1.165, 1.54) is 13.2 Å². The third-order valence-corrected chi connectivity index (χ3v) is 3.93. The minimum Gasteiger partial charge on any atom is -0.495 e. The van der Waals surface area contributed by atoms with Crippen molar-refractivity contribution in [2.75, 3.05) is 34.3 Å². The summed E-state index contributed by atoms with van der Waals surface area (Å²) in [5.41, 5.74) is 0. The van der Waals surface area contributed by atoms with E-state index in [1.807, 2.05) is 19.0 Å². The van der Waals surface area contributed by atoms with Crippen molar-refractivity contribution in [3.05, 3.63) is 24.3 Å². The Hall–Kier alpha value is -1.11. The van der Waals surface area contributed by atoms with Crippen molar-refractivity contribution >= 4 is 10.0 Å². The van der Waals surface area contributed by atoms with Gasteiger partial charge in [0.25, 0.3) is 0 Å². The fourth-order valence-corrected chi connectivity index (χ4v) is 2.76. The molecule has 0 saturated heterocycles. The Morgan fingerprint density at radius 1 is 1.28 bits per heavy atom. The van der Waals surface area contributed by atoms with Crippen LogP contribution in [0.1, 0.15) is 6.42 Å². The molecule has 6 heteroatoms. The Morgan fingerprint density at radius 3 is 2.56 bits per heavy atom. The van der Waals surface area contributed by atoms with Gasteiger partial charge in [0.2, 0.25) is 10.0 Å². The van der Waals surface area contributed by atoms with Crippen LogP contribution in [0.3, 0.4) is 0 Å². The van der Waals surface area contributed by atoms with E-state index in [4.69, 9.17) is 4.74 Å². The van der Waals surface area contributed by atoms with E-state index < -0.39 is 10.0 Å². The number of nitrogens with one attached hydrogen (secondary N) is 1. The fraction of sp³-hybridized carbons (Fsp3) is 0.500. The summed E-state index contributed by atoms with van der Waals surface area (Å²) in [5, 5.41) is 0. The molecule has 0 bridgehead atoms. The molecule has 0 aliphatic carbocycles. The maximum atomic E-state index is 12.1. The first-order valence-electron chi connectivity index (χ1n) is 5.75. The van der Waals surface area contributed by atoms with E-state index in [2.05, 4.69) is 4.72 Å². The van der Waals surface area contributed by atoms with Crippen molar-refractivity contribution in [3.63, 3.8) is 0 Å². The third kappa shape index (κ3) is 4.29. The first-order valence-corrected chi connectivity index (χ1v) is 7.23. The van der Waals surface area contributed by atoms with Crippen molar-refractivity contribution in [1.82, 2.24) is 9.62 Å². The lowest BCUT2D eigenvalue weighted by Gasteiger charge is -2.12. The summed E-state index contributed by atoms with van der Waals surface area (Å²) in [5.74, 6) is 0.359. The zero-order valence-corrected chi connectivity index (χ0v) is 11.8. The Balaban J connectivity index is 2.68. The maximum Gasteiger partial charge on any atom is 0.244 e. The number of hydrogen-bond donors (Lipinski definition) is 1. The molecule has 0 amide bonds. The molecule has 0 saturated carbocycles. The van der Waals surface area contributed by atoms with Gasteiger partial charge < -0.3 is 9.64 Å². The zero-order chi connectivity index (χ0) is 13.6. The average Bonchev–Trinajstić information content (AvgIpc) is 2.34. The molecular weight excluding hydrogens is 252 g/mol. The molecule has 1 aromatic rings. The van der Waals surface area contributed by atoms with Crippen molar-refractivity contribution in [3.8, 4) is 5.75 Å². The fourth-order valence-electron chi connectivity index (χ4n) is 1.52. The predicted octanol–water partition coefficient (Wildman–Crippen LogP) is 0.925. The van der Waals surface area contributed by atoms with Crippen molar-refractivity contribution in [1.29, 1.82) is 0 Å². The molecule has 0 radical (unpaired) electrons. The van der Waals surface area contributed by atoms with Crippen LogP contribution in [-0.2, 0) is 10.0 Å².